The number of hydrogen-bond donors (Lipinski definition) is 1. The predicted octanol–water partition coefficient (Wildman–Crippen LogP) is 3.19. The van der Waals surface area contributed by atoms with Crippen molar-refractivity contribution in [3.63, 3.8) is 0 Å². The maximum Gasteiger partial charge on any atom is 0.178 e. The highest BCUT2D eigenvalue weighted by molar-refractivity contribution is 7.91. The minimum absolute atomic E-state index is 0.224. The molecule has 0 aromatic heterocycles. The van der Waals surface area contributed by atoms with Gasteiger partial charge in [-0.2, -0.15) is 0 Å². The van der Waals surface area contributed by atoms with Gasteiger partial charge >= 0.3 is 0 Å². The number of hydrogen-bond acceptors (Lipinski definition) is 3. The van der Waals surface area contributed by atoms with Gasteiger partial charge in [0.05, 0.1) is 10.6 Å². The maximum absolute atomic E-state index is 12.0. The standard InChI is InChI=1S/C16H27NO2S/c1-4-7-15(17-6-3)13-14-8-10-16(11-9-14)20(18,19)12-5-2/h8-11,15,17H,4-7,12-13H2,1-3H3. The van der Waals surface area contributed by atoms with Crippen molar-refractivity contribution in [1.29, 1.82) is 0 Å². The molecule has 0 spiro atoms. The topological polar surface area (TPSA) is 46.2 Å². The molecule has 1 N–H and O–H groups in total. The van der Waals surface area contributed by atoms with Crippen molar-refractivity contribution in [3.8, 4) is 0 Å². The van der Waals surface area contributed by atoms with E-state index in [2.05, 4.69) is 19.2 Å². The fraction of sp³-hybridized carbons (Fsp3) is 0.625. The molecule has 1 aromatic rings. The van der Waals surface area contributed by atoms with Crippen LogP contribution in [0.2, 0.25) is 0 Å². The van der Waals surface area contributed by atoms with E-state index in [0.717, 1.165) is 25.8 Å². The molecule has 0 amide bonds. The monoisotopic (exact) mass is 297 g/mol. The third-order valence-electron chi connectivity index (χ3n) is 3.37. The highest BCUT2D eigenvalue weighted by Gasteiger charge is 2.13. The van der Waals surface area contributed by atoms with Gasteiger partial charge in [-0.25, -0.2) is 8.42 Å². The zero-order chi connectivity index (χ0) is 15.0. The molecule has 0 bridgehead atoms. The Bertz CT molecular complexity index is 474. The Labute approximate surface area is 123 Å². The Morgan fingerprint density at radius 2 is 1.70 bits per heavy atom. The van der Waals surface area contributed by atoms with E-state index in [1.54, 1.807) is 12.1 Å². The summed E-state index contributed by atoms with van der Waals surface area (Å²) in [5.41, 5.74) is 1.19. The van der Waals surface area contributed by atoms with Gasteiger partial charge in [-0.3, -0.25) is 0 Å². The lowest BCUT2D eigenvalue weighted by Crippen LogP contribution is -2.30. The molecule has 114 valence electrons. The summed E-state index contributed by atoms with van der Waals surface area (Å²) >= 11 is 0. The van der Waals surface area contributed by atoms with Gasteiger partial charge in [-0.1, -0.05) is 39.3 Å². The number of likely N-dealkylation sites (N-methyl/N-ethyl adjacent to an activating group) is 1. The minimum atomic E-state index is -3.09. The number of benzene rings is 1. The third-order valence-corrected chi connectivity index (χ3v) is 5.30. The summed E-state index contributed by atoms with van der Waals surface area (Å²) in [6, 6.07) is 7.86. The van der Waals surface area contributed by atoms with Crippen molar-refractivity contribution in [2.45, 2.75) is 57.4 Å². The lowest BCUT2D eigenvalue weighted by atomic mass is 10.0. The largest absolute Gasteiger partial charge is 0.314 e. The van der Waals surface area contributed by atoms with Crippen LogP contribution in [-0.2, 0) is 16.3 Å². The number of rotatable bonds is 9. The molecule has 0 heterocycles. The zero-order valence-corrected chi connectivity index (χ0v) is 13.7. The van der Waals surface area contributed by atoms with Crippen LogP contribution in [0.1, 0.15) is 45.6 Å². The molecule has 4 heteroatoms. The smallest absolute Gasteiger partial charge is 0.178 e. The average Bonchev–Trinajstić information content (AvgIpc) is 2.40. The Morgan fingerprint density at radius 3 is 2.20 bits per heavy atom. The zero-order valence-electron chi connectivity index (χ0n) is 12.9. The first-order valence-electron chi connectivity index (χ1n) is 7.58. The summed E-state index contributed by atoms with van der Waals surface area (Å²) in [5.74, 6) is 0.224. The van der Waals surface area contributed by atoms with E-state index in [4.69, 9.17) is 0 Å². The Morgan fingerprint density at radius 1 is 1.05 bits per heavy atom. The van der Waals surface area contributed by atoms with E-state index in [1.807, 2.05) is 19.1 Å². The third kappa shape index (κ3) is 5.25. The van der Waals surface area contributed by atoms with Crippen molar-refractivity contribution >= 4 is 9.84 Å². The van der Waals surface area contributed by atoms with Crippen molar-refractivity contribution in [1.82, 2.24) is 5.32 Å². The fourth-order valence-corrected chi connectivity index (χ4v) is 3.74. The van der Waals surface area contributed by atoms with Gasteiger partial charge in [0.1, 0.15) is 0 Å². The molecule has 1 rings (SSSR count). The molecule has 1 unspecified atom stereocenters. The highest BCUT2D eigenvalue weighted by Crippen LogP contribution is 2.15. The first-order valence-corrected chi connectivity index (χ1v) is 9.23. The van der Waals surface area contributed by atoms with Gasteiger partial charge in [0, 0.05) is 6.04 Å². The van der Waals surface area contributed by atoms with Crippen LogP contribution in [0.3, 0.4) is 0 Å². The molecule has 20 heavy (non-hydrogen) atoms. The van der Waals surface area contributed by atoms with E-state index in [-0.39, 0.29) is 5.75 Å². The van der Waals surface area contributed by atoms with Crippen LogP contribution in [-0.4, -0.2) is 26.8 Å². The first-order chi connectivity index (χ1) is 9.53. The minimum Gasteiger partial charge on any atom is -0.314 e. The van der Waals surface area contributed by atoms with Crippen LogP contribution in [0, 0.1) is 0 Å². The molecule has 0 radical (unpaired) electrons. The Hall–Kier alpha value is -0.870. The molecule has 1 aromatic carbocycles. The lowest BCUT2D eigenvalue weighted by Gasteiger charge is -2.17. The second-order valence-corrected chi connectivity index (χ2v) is 7.32. The summed E-state index contributed by atoms with van der Waals surface area (Å²) in [7, 11) is -3.09. The van der Waals surface area contributed by atoms with E-state index < -0.39 is 9.84 Å². The average molecular weight is 297 g/mol. The fourth-order valence-electron chi connectivity index (χ4n) is 2.42. The van der Waals surface area contributed by atoms with Crippen molar-refractivity contribution in [2.75, 3.05) is 12.3 Å². The first kappa shape index (κ1) is 17.2. The molecule has 0 fully saturated rings. The Balaban J connectivity index is 2.75. The molecule has 0 aliphatic carbocycles. The van der Waals surface area contributed by atoms with Crippen LogP contribution in [0.25, 0.3) is 0 Å². The Kier molecular flexibility index (Phi) is 7.24. The molecular formula is C16H27NO2S. The van der Waals surface area contributed by atoms with E-state index in [9.17, 15) is 8.42 Å². The van der Waals surface area contributed by atoms with Crippen LogP contribution >= 0.6 is 0 Å². The quantitative estimate of drug-likeness (QED) is 0.761. The number of nitrogens with one attached hydrogen (secondary N) is 1. The summed E-state index contributed by atoms with van der Waals surface area (Å²) in [6.45, 7) is 7.15. The normalized spacial score (nSPS) is 13.3. The van der Waals surface area contributed by atoms with Gasteiger partial charge in [0.25, 0.3) is 0 Å². The van der Waals surface area contributed by atoms with Gasteiger partial charge in [0.15, 0.2) is 9.84 Å². The van der Waals surface area contributed by atoms with Gasteiger partial charge in [-0.15, -0.1) is 0 Å². The summed E-state index contributed by atoms with van der Waals surface area (Å²) in [4.78, 5) is 0.443. The summed E-state index contributed by atoms with van der Waals surface area (Å²) < 4.78 is 23.9. The van der Waals surface area contributed by atoms with Crippen molar-refractivity contribution in [3.05, 3.63) is 29.8 Å². The molecule has 0 aliphatic heterocycles. The van der Waals surface area contributed by atoms with Gasteiger partial charge in [-0.05, 0) is 43.5 Å². The summed E-state index contributed by atoms with van der Waals surface area (Å²) in [6.07, 6.45) is 3.91. The summed E-state index contributed by atoms with van der Waals surface area (Å²) in [5, 5.41) is 3.48. The number of sulfone groups is 1. The second kappa shape index (κ2) is 8.42. The van der Waals surface area contributed by atoms with Crippen LogP contribution in [0.5, 0.6) is 0 Å². The molecule has 3 nitrogen and oxygen atoms in total. The molecule has 0 aliphatic rings. The lowest BCUT2D eigenvalue weighted by molar-refractivity contribution is 0.486. The molecule has 0 saturated heterocycles. The van der Waals surface area contributed by atoms with Crippen LogP contribution in [0.15, 0.2) is 29.2 Å². The molecular weight excluding hydrogens is 270 g/mol. The van der Waals surface area contributed by atoms with E-state index in [1.165, 1.54) is 5.56 Å². The second-order valence-electron chi connectivity index (χ2n) is 5.21. The van der Waals surface area contributed by atoms with E-state index >= 15 is 0 Å². The van der Waals surface area contributed by atoms with Gasteiger partial charge < -0.3 is 5.32 Å². The van der Waals surface area contributed by atoms with Crippen LogP contribution < -0.4 is 5.32 Å². The van der Waals surface area contributed by atoms with Crippen LogP contribution in [0.4, 0.5) is 0 Å². The van der Waals surface area contributed by atoms with E-state index in [0.29, 0.717) is 17.4 Å². The van der Waals surface area contributed by atoms with Crippen molar-refractivity contribution in [2.24, 2.45) is 0 Å². The maximum atomic E-state index is 12.0. The van der Waals surface area contributed by atoms with Gasteiger partial charge in [0.2, 0.25) is 0 Å². The predicted molar refractivity (Wildman–Crippen MR) is 84.9 cm³/mol. The molecule has 0 saturated carbocycles. The van der Waals surface area contributed by atoms with Crippen molar-refractivity contribution < 1.29 is 8.42 Å². The SMILES string of the molecule is CCCC(Cc1ccc(S(=O)(=O)CCC)cc1)NCC. The molecule has 1 atom stereocenters. The highest BCUT2D eigenvalue weighted by atomic mass is 32.2.